The number of amides is 1. The Morgan fingerprint density at radius 1 is 1.13 bits per heavy atom. The molecular formula is C17H24ClN3O2. The molecule has 0 atom stereocenters. The third kappa shape index (κ3) is 5.71. The quantitative estimate of drug-likeness (QED) is 0.842. The van der Waals surface area contributed by atoms with Crippen molar-refractivity contribution in [1.29, 1.82) is 0 Å². The van der Waals surface area contributed by atoms with Crippen LogP contribution in [0, 0.1) is 0 Å². The maximum atomic E-state index is 12.7. The van der Waals surface area contributed by atoms with E-state index in [4.69, 9.17) is 10.2 Å². The number of nitrogens with zero attached hydrogens (tertiary/aromatic N) is 2. The van der Waals surface area contributed by atoms with Crippen LogP contribution in [-0.4, -0.2) is 42.9 Å². The average molecular weight is 338 g/mol. The number of carbonyl (C=O) groups is 1. The lowest BCUT2D eigenvalue weighted by Gasteiger charge is -2.23. The summed E-state index contributed by atoms with van der Waals surface area (Å²) < 4.78 is 5.37. The van der Waals surface area contributed by atoms with Gasteiger partial charge in [-0.05, 0) is 43.9 Å². The SMILES string of the molecule is CN(C)CCN(Cc1ccco1)C(=O)c1ccc(CN)cc1.Cl. The molecule has 2 aromatic rings. The van der Waals surface area contributed by atoms with E-state index in [1.807, 2.05) is 50.5 Å². The Kier molecular flexibility index (Phi) is 7.81. The van der Waals surface area contributed by atoms with Crippen molar-refractivity contribution in [2.24, 2.45) is 5.73 Å². The highest BCUT2D eigenvalue weighted by Gasteiger charge is 2.17. The molecule has 0 aliphatic carbocycles. The van der Waals surface area contributed by atoms with Crippen LogP contribution in [0.2, 0.25) is 0 Å². The van der Waals surface area contributed by atoms with Crippen LogP contribution in [0.4, 0.5) is 0 Å². The van der Waals surface area contributed by atoms with Crippen molar-refractivity contribution in [2.75, 3.05) is 27.2 Å². The number of carbonyl (C=O) groups excluding carboxylic acids is 1. The van der Waals surface area contributed by atoms with Gasteiger partial charge >= 0.3 is 0 Å². The molecule has 1 aromatic heterocycles. The van der Waals surface area contributed by atoms with Gasteiger partial charge in [0.2, 0.25) is 0 Å². The van der Waals surface area contributed by atoms with Gasteiger partial charge in [-0.1, -0.05) is 12.1 Å². The molecule has 1 amide bonds. The predicted molar refractivity (Wildman–Crippen MR) is 93.6 cm³/mol. The highest BCUT2D eigenvalue weighted by atomic mass is 35.5. The zero-order chi connectivity index (χ0) is 15.9. The summed E-state index contributed by atoms with van der Waals surface area (Å²) in [6, 6.07) is 11.2. The summed E-state index contributed by atoms with van der Waals surface area (Å²) in [4.78, 5) is 16.6. The van der Waals surface area contributed by atoms with Crippen molar-refractivity contribution in [3.63, 3.8) is 0 Å². The summed E-state index contributed by atoms with van der Waals surface area (Å²) in [7, 11) is 3.98. The van der Waals surface area contributed by atoms with Gasteiger partial charge in [-0.25, -0.2) is 0 Å². The van der Waals surface area contributed by atoms with Crippen molar-refractivity contribution < 1.29 is 9.21 Å². The number of rotatable bonds is 7. The average Bonchev–Trinajstić information content (AvgIpc) is 3.03. The van der Waals surface area contributed by atoms with Gasteiger partial charge in [-0.15, -0.1) is 12.4 Å². The molecule has 0 aliphatic heterocycles. The van der Waals surface area contributed by atoms with Gasteiger partial charge in [0.1, 0.15) is 5.76 Å². The minimum Gasteiger partial charge on any atom is -0.467 e. The molecule has 1 aromatic carbocycles. The molecule has 0 bridgehead atoms. The molecule has 5 nitrogen and oxygen atoms in total. The zero-order valence-corrected chi connectivity index (χ0v) is 14.4. The highest BCUT2D eigenvalue weighted by Crippen LogP contribution is 2.12. The van der Waals surface area contributed by atoms with Crippen LogP contribution in [0.15, 0.2) is 47.1 Å². The first-order valence-corrected chi connectivity index (χ1v) is 7.35. The smallest absolute Gasteiger partial charge is 0.254 e. The first-order chi connectivity index (χ1) is 10.6. The van der Waals surface area contributed by atoms with E-state index < -0.39 is 0 Å². The summed E-state index contributed by atoms with van der Waals surface area (Å²) in [5, 5.41) is 0. The van der Waals surface area contributed by atoms with Gasteiger partial charge in [0, 0.05) is 25.2 Å². The fourth-order valence-electron chi connectivity index (χ4n) is 2.13. The molecule has 0 saturated heterocycles. The third-order valence-electron chi connectivity index (χ3n) is 3.47. The van der Waals surface area contributed by atoms with E-state index in [9.17, 15) is 4.79 Å². The summed E-state index contributed by atoms with van der Waals surface area (Å²) in [5.74, 6) is 0.785. The molecular weight excluding hydrogens is 314 g/mol. The number of furan rings is 1. The first-order valence-electron chi connectivity index (χ1n) is 7.35. The predicted octanol–water partition coefficient (Wildman–Crippen LogP) is 2.36. The number of benzene rings is 1. The lowest BCUT2D eigenvalue weighted by molar-refractivity contribution is 0.0720. The topological polar surface area (TPSA) is 62.7 Å². The fraction of sp³-hybridized carbons (Fsp3) is 0.353. The van der Waals surface area contributed by atoms with Gasteiger partial charge < -0.3 is 20.0 Å². The Labute approximate surface area is 143 Å². The molecule has 0 fully saturated rings. The maximum Gasteiger partial charge on any atom is 0.254 e. The van der Waals surface area contributed by atoms with E-state index in [1.165, 1.54) is 0 Å². The van der Waals surface area contributed by atoms with Crippen molar-refractivity contribution in [2.45, 2.75) is 13.1 Å². The van der Waals surface area contributed by atoms with E-state index in [1.54, 1.807) is 11.2 Å². The number of likely N-dealkylation sites (N-methyl/N-ethyl adjacent to an activating group) is 1. The molecule has 2 rings (SSSR count). The van der Waals surface area contributed by atoms with Crippen LogP contribution < -0.4 is 5.73 Å². The monoisotopic (exact) mass is 337 g/mol. The van der Waals surface area contributed by atoms with E-state index in [0.717, 1.165) is 17.9 Å². The van der Waals surface area contributed by atoms with Crippen LogP contribution in [0.1, 0.15) is 21.7 Å². The highest BCUT2D eigenvalue weighted by molar-refractivity contribution is 5.94. The summed E-state index contributed by atoms with van der Waals surface area (Å²) in [6.07, 6.45) is 1.62. The van der Waals surface area contributed by atoms with E-state index >= 15 is 0 Å². The second-order valence-electron chi connectivity index (χ2n) is 5.51. The van der Waals surface area contributed by atoms with E-state index in [-0.39, 0.29) is 18.3 Å². The van der Waals surface area contributed by atoms with Crippen molar-refractivity contribution in [3.05, 3.63) is 59.5 Å². The first kappa shape index (κ1) is 19.2. The number of halogens is 1. The number of hydrogen-bond donors (Lipinski definition) is 1. The van der Waals surface area contributed by atoms with Gasteiger partial charge in [-0.3, -0.25) is 4.79 Å². The second-order valence-corrected chi connectivity index (χ2v) is 5.51. The summed E-state index contributed by atoms with van der Waals surface area (Å²) in [5.41, 5.74) is 7.28. The second kappa shape index (κ2) is 9.35. The molecule has 6 heteroatoms. The molecule has 0 unspecified atom stereocenters. The zero-order valence-electron chi connectivity index (χ0n) is 13.6. The Bertz CT molecular complexity index is 582. The van der Waals surface area contributed by atoms with Crippen LogP contribution >= 0.6 is 12.4 Å². The molecule has 1 heterocycles. The van der Waals surface area contributed by atoms with Gasteiger partial charge in [0.05, 0.1) is 12.8 Å². The van der Waals surface area contributed by atoms with Crippen molar-refractivity contribution >= 4 is 18.3 Å². The van der Waals surface area contributed by atoms with Crippen LogP contribution in [0.3, 0.4) is 0 Å². The Hall–Kier alpha value is -1.82. The van der Waals surface area contributed by atoms with Crippen molar-refractivity contribution in [1.82, 2.24) is 9.80 Å². The van der Waals surface area contributed by atoms with Gasteiger partial charge in [-0.2, -0.15) is 0 Å². The van der Waals surface area contributed by atoms with E-state index in [2.05, 4.69) is 4.90 Å². The van der Waals surface area contributed by atoms with Crippen molar-refractivity contribution in [3.8, 4) is 0 Å². The summed E-state index contributed by atoms with van der Waals surface area (Å²) in [6.45, 7) is 2.39. The third-order valence-corrected chi connectivity index (χ3v) is 3.47. The largest absolute Gasteiger partial charge is 0.467 e. The number of nitrogens with two attached hydrogens (primary N) is 1. The molecule has 2 N–H and O–H groups in total. The number of hydrogen-bond acceptors (Lipinski definition) is 4. The fourth-order valence-corrected chi connectivity index (χ4v) is 2.13. The minimum absolute atomic E-state index is 0. The molecule has 0 spiro atoms. The van der Waals surface area contributed by atoms with Crippen LogP contribution in [0.25, 0.3) is 0 Å². The maximum absolute atomic E-state index is 12.7. The van der Waals surface area contributed by atoms with Crippen LogP contribution in [0.5, 0.6) is 0 Å². The van der Waals surface area contributed by atoms with Crippen LogP contribution in [-0.2, 0) is 13.1 Å². The summed E-state index contributed by atoms with van der Waals surface area (Å²) >= 11 is 0. The molecule has 126 valence electrons. The Balaban J connectivity index is 0.00000264. The standard InChI is InChI=1S/C17H23N3O2.ClH/c1-19(2)9-10-20(13-16-4-3-11-22-16)17(21)15-7-5-14(12-18)6-8-15;/h3-8,11H,9-10,12-13,18H2,1-2H3;1H. The molecule has 0 radical (unpaired) electrons. The molecule has 0 saturated carbocycles. The lowest BCUT2D eigenvalue weighted by Crippen LogP contribution is -2.36. The Morgan fingerprint density at radius 2 is 1.83 bits per heavy atom. The normalized spacial score (nSPS) is 10.4. The van der Waals surface area contributed by atoms with E-state index in [0.29, 0.717) is 25.2 Å². The van der Waals surface area contributed by atoms with Gasteiger partial charge in [0.15, 0.2) is 0 Å². The lowest BCUT2D eigenvalue weighted by atomic mass is 10.1. The molecule has 23 heavy (non-hydrogen) atoms. The molecule has 0 aliphatic rings. The Morgan fingerprint density at radius 3 is 2.35 bits per heavy atom. The minimum atomic E-state index is 0. The van der Waals surface area contributed by atoms with Gasteiger partial charge in [0.25, 0.3) is 5.91 Å².